The fraction of sp³-hybridized carbons (Fsp3) is 0.375. The third-order valence-corrected chi connectivity index (χ3v) is 5.88. The van der Waals surface area contributed by atoms with Gasteiger partial charge >= 0.3 is 5.69 Å². The fourth-order valence-corrected chi connectivity index (χ4v) is 4.15. The molecule has 9 nitrogen and oxygen atoms in total. The van der Waals surface area contributed by atoms with Gasteiger partial charge in [-0.15, -0.1) is 0 Å². The summed E-state index contributed by atoms with van der Waals surface area (Å²) in [6.07, 6.45) is 1.76. The molecule has 0 saturated heterocycles. The van der Waals surface area contributed by atoms with Crippen molar-refractivity contribution in [2.24, 2.45) is 11.7 Å². The van der Waals surface area contributed by atoms with Gasteiger partial charge in [-0.3, -0.25) is 23.9 Å². The van der Waals surface area contributed by atoms with Gasteiger partial charge in [-0.25, -0.2) is 14.2 Å². The highest BCUT2D eigenvalue weighted by Gasteiger charge is 2.33. The van der Waals surface area contributed by atoms with E-state index in [2.05, 4.69) is 9.97 Å². The molecule has 1 fully saturated rings. The van der Waals surface area contributed by atoms with E-state index < -0.39 is 34.9 Å². The average molecular weight is 468 g/mol. The van der Waals surface area contributed by atoms with Gasteiger partial charge in [0.1, 0.15) is 11.9 Å². The summed E-state index contributed by atoms with van der Waals surface area (Å²) in [5.41, 5.74) is 5.19. The number of nitrogens with one attached hydrogen (secondary N) is 1. The molecule has 0 radical (unpaired) electrons. The van der Waals surface area contributed by atoms with Gasteiger partial charge in [0, 0.05) is 25.2 Å². The Morgan fingerprint density at radius 3 is 2.56 bits per heavy atom. The van der Waals surface area contributed by atoms with Crippen LogP contribution < -0.4 is 17.0 Å². The van der Waals surface area contributed by atoms with E-state index in [1.165, 1.54) is 29.8 Å². The number of nitrogens with two attached hydrogens (primary N) is 1. The Morgan fingerprint density at radius 1 is 1.26 bits per heavy atom. The first-order chi connectivity index (χ1) is 16.1. The predicted molar refractivity (Wildman–Crippen MR) is 124 cm³/mol. The Labute approximate surface area is 194 Å². The van der Waals surface area contributed by atoms with Crippen molar-refractivity contribution in [3.63, 3.8) is 0 Å². The topological polar surface area (TPSA) is 131 Å². The number of aromatic nitrogens is 3. The molecule has 3 N–H and O–H groups in total. The molecule has 1 aromatic carbocycles. The van der Waals surface area contributed by atoms with Crippen molar-refractivity contribution >= 4 is 22.8 Å². The second-order valence-electron chi connectivity index (χ2n) is 9.11. The Balaban J connectivity index is 1.92. The van der Waals surface area contributed by atoms with Crippen LogP contribution in [0.1, 0.15) is 60.3 Å². The van der Waals surface area contributed by atoms with E-state index >= 15 is 0 Å². The van der Waals surface area contributed by atoms with Crippen molar-refractivity contribution in [3.8, 4) is 0 Å². The van der Waals surface area contributed by atoms with Crippen LogP contribution in [-0.4, -0.2) is 38.3 Å². The molecule has 4 rings (SSSR count). The number of rotatable bonds is 7. The molecule has 178 valence electrons. The van der Waals surface area contributed by atoms with Gasteiger partial charge in [0.2, 0.25) is 5.91 Å². The first-order valence-electron chi connectivity index (χ1n) is 11.1. The predicted octanol–water partition coefficient (Wildman–Crippen LogP) is 2.06. The van der Waals surface area contributed by atoms with Crippen LogP contribution in [0.5, 0.6) is 0 Å². The van der Waals surface area contributed by atoms with Crippen molar-refractivity contribution in [1.82, 2.24) is 19.4 Å². The van der Waals surface area contributed by atoms with Crippen molar-refractivity contribution in [2.45, 2.75) is 45.2 Å². The second-order valence-corrected chi connectivity index (χ2v) is 9.11. The number of pyridine rings is 1. The molecule has 2 amide bonds. The largest absolute Gasteiger partial charge is 0.368 e. The number of nitrogens with zero attached hydrogens (tertiary/aromatic N) is 3. The van der Waals surface area contributed by atoms with Crippen LogP contribution in [0.4, 0.5) is 4.39 Å². The third kappa shape index (κ3) is 4.35. The number of primary amides is 1. The number of hydrogen-bond donors (Lipinski definition) is 2. The van der Waals surface area contributed by atoms with E-state index in [0.29, 0.717) is 12.2 Å². The summed E-state index contributed by atoms with van der Waals surface area (Å²) in [6.45, 7) is 4.14. The summed E-state index contributed by atoms with van der Waals surface area (Å²) >= 11 is 0. The average Bonchev–Trinajstić information content (AvgIpc) is 3.60. The molecule has 3 aromatic rings. The van der Waals surface area contributed by atoms with E-state index in [4.69, 9.17) is 5.73 Å². The van der Waals surface area contributed by atoms with Gasteiger partial charge in [0.15, 0.2) is 5.65 Å². The molecule has 1 aliphatic rings. The Morgan fingerprint density at radius 2 is 1.97 bits per heavy atom. The van der Waals surface area contributed by atoms with Crippen LogP contribution in [0.25, 0.3) is 11.0 Å². The highest BCUT2D eigenvalue weighted by molar-refractivity contribution is 6.06. The number of amides is 2. The number of benzene rings is 1. The third-order valence-electron chi connectivity index (χ3n) is 5.88. The number of fused-ring (bicyclic) bond motifs is 1. The number of aromatic amines is 1. The number of carbonyl (C=O) groups is 2. The molecule has 2 aromatic heterocycles. The van der Waals surface area contributed by atoms with E-state index in [-0.39, 0.29) is 34.0 Å². The summed E-state index contributed by atoms with van der Waals surface area (Å²) in [5.74, 6) is -1.90. The van der Waals surface area contributed by atoms with E-state index in [1.807, 2.05) is 13.8 Å². The molecule has 0 aliphatic heterocycles. The Bertz CT molecular complexity index is 1410. The molecule has 0 bridgehead atoms. The van der Waals surface area contributed by atoms with Gasteiger partial charge in [-0.05, 0) is 42.5 Å². The van der Waals surface area contributed by atoms with Crippen LogP contribution in [0.3, 0.4) is 0 Å². The van der Waals surface area contributed by atoms with Crippen LogP contribution in [0.2, 0.25) is 0 Å². The van der Waals surface area contributed by atoms with Gasteiger partial charge in [0.25, 0.3) is 11.5 Å². The number of H-pyrrole nitrogens is 1. The maximum atomic E-state index is 13.8. The summed E-state index contributed by atoms with van der Waals surface area (Å²) in [7, 11) is 1.37. The lowest BCUT2D eigenvalue weighted by molar-refractivity contribution is -0.122. The summed E-state index contributed by atoms with van der Waals surface area (Å²) in [4.78, 5) is 59.4. The highest BCUT2D eigenvalue weighted by Crippen LogP contribution is 2.40. The van der Waals surface area contributed by atoms with Gasteiger partial charge in [0.05, 0.1) is 10.9 Å². The molecule has 1 unspecified atom stereocenters. The maximum absolute atomic E-state index is 13.8. The van der Waals surface area contributed by atoms with E-state index in [9.17, 15) is 23.6 Å². The zero-order valence-corrected chi connectivity index (χ0v) is 19.2. The molecule has 1 aliphatic carbocycles. The Hall–Kier alpha value is -3.82. The molecule has 0 spiro atoms. The van der Waals surface area contributed by atoms with Crippen LogP contribution in [0, 0.1) is 11.7 Å². The first kappa shape index (κ1) is 23.3. The summed E-state index contributed by atoms with van der Waals surface area (Å²) in [5, 5.41) is -0.0380. The standard InChI is InChI=1S/C24H26FN5O4/c1-12(2)11-30-21-18(22(32)28-24(30)34)16(10-17(27-21)13-7-8-13)23(33)29(3)19(20(26)31)14-5-4-6-15(25)9-14/h4-6,9-10,12-13,19H,7-8,11H2,1-3H3,(H2,26,31)(H,28,32,34). The normalized spacial score (nSPS) is 14.4. The molecule has 1 saturated carbocycles. The van der Waals surface area contributed by atoms with Crippen molar-refractivity contribution in [3.05, 3.63) is 73.8 Å². The molecule has 10 heteroatoms. The summed E-state index contributed by atoms with van der Waals surface area (Å²) in [6, 6.07) is 5.54. The molecule has 34 heavy (non-hydrogen) atoms. The maximum Gasteiger partial charge on any atom is 0.330 e. The van der Waals surface area contributed by atoms with E-state index in [0.717, 1.165) is 23.8 Å². The number of halogens is 1. The number of hydrogen-bond acceptors (Lipinski definition) is 5. The highest BCUT2D eigenvalue weighted by atomic mass is 19.1. The van der Waals surface area contributed by atoms with Crippen LogP contribution in [0.15, 0.2) is 39.9 Å². The summed E-state index contributed by atoms with van der Waals surface area (Å²) < 4.78 is 15.2. The Kier molecular flexibility index (Phi) is 6.07. The van der Waals surface area contributed by atoms with Crippen LogP contribution >= 0.6 is 0 Å². The minimum absolute atomic E-state index is 0.0100. The minimum Gasteiger partial charge on any atom is -0.368 e. The van der Waals surface area contributed by atoms with Crippen molar-refractivity contribution in [1.29, 1.82) is 0 Å². The molecule has 1 atom stereocenters. The lowest BCUT2D eigenvalue weighted by Crippen LogP contribution is -2.40. The number of carbonyl (C=O) groups excluding carboxylic acids is 2. The zero-order valence-electron chi connectivity index (χ0n) is 19.2. The molecule has 2 heterocycles. The van der Waals surface area contributed by atoms with Gasteiger partial charge in [-0.2, -0.15) is 0 Å². The second kappa shape index (κ2) is 8.85. The number of likely N-dealkylation sites (N-methyl/N-ethyl adjacent to an activating group) is 1. The van der Waals surface area contributed by atoms with Gasteiger partial charge in [-0.1, -0.05) is 26.0 Å². The first-order valence-corrected chi connectivity index (χ1v) is 11.1. The lowest BCUT2D eigenvalue weighted by Gasteiger charge is -2.27. The van der Waals surface area contributed by atoms with Crippen molar-refractivity contribution in [2.75, 3.05) is 7.05 Å². The minimum atomic E-state index is -1.27. The zero-order chi connectivity index (χ0) is 24.7. The van der Waals surface area contributed by atoms with E-state index in [1.54, 1.807) is 6.07 Å². The van der Waals surface area contributed by atoms with Crippen LogP contribution in [-0.2, 0) is 11.3 Å². The van der Waals surface area contributed by atoms with Gasteiger partial charge < -0.3 is 10.6 Å². The molecular weight excluding hydrogens is 441 g/mol. The quantitative estimate of drug-likeness (QED) is 0.549. The van der Waals surface area contributed by atoms with Crippen molar-refractivity contribution < 1.29 is 14.0 Å². The lowest BCUT2D eigenvalue weighted by atomic mass is 10.0. The smallest absolute Gasteiger partial charge is 0.330 e. The molecular formula is C24H26FN5O4. The SMILES string of the molecule is CC(C)Cn1c(=O)[nH]c(=O)c2c(C(=O)N(C)C(C(N)=O)c3cccc(F)c3)cc(C3CC3)nc21. The fourth-order valence-electron chi connectivity index (χ4n) is 4.15. The monoisotopic (exact) mass is 467 g/mol.